The number of hydrogen-bond acceptors (Lipinski definition) is 1. The standard InChI is InChI=1S/C12H17BrFN.ClH/c1-8(2)3-6-12(15)10-5-4-9(13)7-11(10)14;/h4-5,7-8,12H,3,6,15H2,1-2H3;1H/t12-;/m1./s1. The maximum absolute atomic E-state index is 13.5. The maximum atomic E-state index is 13.5. The number of nitrogens with two attached hydrogens (primary N) is 1. The van der Waals surface area contributed by atoms with Crippen molar-refractivity contribution in [3.63, 3.8) is 0 Å². The van der Waals surface area contributed by atoms with Crippen molar-refractivity contribution in [1.29, 1.82) is 0 Å². The van der Waals surface area contributed by atoms with Crippen LogP contribution in [0.3, 0.4) is 0 Å². The van der Waals surface area contributed by atoms with Crippen molar-refractivity contribution in [2.24, 2.45) is 11.7 Å². The molecule has 0 aromatic heterocycles. The molecule has 0 fully saturated rings. The molecule has 0 heterocycles. The van der Waals surface area contributed by atoms with E-state index in [-0.39, 0.29) is 24.3 Å². The fourth-order valence-corrected chi connectivity index (χ4v) is 1.80. The van der Waals surface area contributed by atoms with Gasteiger partial charge in [-0.3, -0.25) is 0 Å². The molecule has 0 aliphatic carbocycles. The van der Waals surface area contributed by atoms with Gasteiger partial charge in [0.2, 0.25) is 0 Å². The van der Waals surface area contributed by atoms with Crippen LogP contribution in [0.1, 0.15) is 38.3 Å². The quantitative estimate of drug-likeness (QED) is 0.874. The molecule has 0 unspecified atom stereocenters. The van der Waals surface area contributed by atoms with E-state index in [1.165, 1.54) is 6.07 Å². The van der Waals surface area contributed by atoms with Crippen LogP contribution in [0.15, 0.2) is 22.7 Å². The molecule has 92 valence electrons. The third-order valence-electron chi connectivity index (χ3n) is 2.42. The van der Waals surface area contributed by atoms with Gasteiger partial charge in [-0.05, 0) is 30.9 Å². The second-order valence-electron chi connectivity index (χ2n) is 4.24. The lowest BCUT2D eigenvalue weighted by Gasteiger charge is -2.14. The molecule has 1 aromatic rings. The van der Waals surface area contributed by atoms with Crippen LogP contribution >= 0.6 is 28.3 Å². The number of halogens is 3. The summed E-state index contributed by atoms with van der Waals surface area (Å²) in [5.41, 5.74) is 6.55. The molecule has 0 amide bonds. The van der Waals surface area contributed by atoms with Crippen LogP contribution in [0.4, 0.5) is 4.39 Å². The van der Waals surface area contributed by atoms with E-state index >= 15 is 0 Å². The molecule has 1 aromatic carbocycles. The summed E-state index contributed by atoms with van der Waals surface area (Å²) < 4.78 is 14.3. The third kappa shape index (κ3) is 4.81. The van der Waals surface area contributed by atoms with Crippen LogP contribution in [0.25, 0.3) is 0 Å². The van der Waals surface area contributed by atoms with Crippen LogP contribution in [0, 0.1) is 11.7 Å². The van der Waals surface area contributed by atoms with Gasteiger partial charge in [-0.2, -0.15) is 0 Å². The fourth-order valence-electron chi connectivity index (χ4n) is 1.47. The largest absolute Gasteiger partial charge is 0.324 e. The summed E-state index contributed by atoms with van der Waals surface area (Å²) in [6, 6.07) is 4.85. The van der Waals surface area contributed by atoms with E-state index < -0.39 is 0 Å². The van der Waals surface area contributed by atoms with E-state index in [4.69, 9.17) is 5.73 Å². The molecular weight excluding hydrogens is 292 g/mol. The highest BCUT2D eigenvalue weighted by atomic mass is 79.9. The van der Waals surface area contributed by atoms with E-state index in [2.05, 4.69) is 29.8 Å². The Balaban J connectivity index is 0.00000225. The van der Waals surface area contributed by atoms with Crippen LogP contribution < -0.4 is 5.73 Å². The zero-order valence-corrected chi connectivity index (χ0v) is 11.9. The highest BCUT2D eigenvalue weighted by Gasteiger charge is 2.11. The van der Waals surface area contributed by atoms with E-state index in [0.29, 0.717) is 11.5 Å². The molecule has 0 aliphatic rings. The summed E-state index contributed by atoms with van der Waals surface area (Å²) in [4.78, 5) is 0. The van der Waals surface area contributed by atoms with Crippen LogP contribution in [0.2, 0.25) is 0 Å². The molecule has 0 radical (unpaired) electrons. The molecule has 1 nitrogen and oxygen atoms in total. The van der Waals surface area contributed by atoms with E-state index in [1.807, 2.05) is 6.07 Å². The van der Waals surface area contributed by atoms with E-state index in [0.717, 1.165) is 17.3 Å². The van der Waals surface area contributed by atoms with Crippen molar-refractivity contribution in [2.75, 3.05) is 0 Å². The topological polar surface area (TPSA) is 26.0 Å². The zero-order valence-electron chi connectivity index (χ0n) is 9.54. The molecule has 1 atom stereocenters. The molecule has 0 aliphatic heterocycles. The minimum absolute atomic E-state index is 0. The zero-order chi connectivity index (χ0) is 11.4. The summed E-state index contributed by atoms with van der Waals surface area (Å²) in [5.74, 6) is 0.384. The second-order valence-corrected chi connectivity index (χ2v) is 5.16. The van der Waals surface area contributed by atoms with Crippen LogP contribution in [0.5, 0.6) is 0 Å². The molecule has 2 N–H and O–H groups in total. The number of rotatable bonds is 4. The van der Waals surface area contributed by atoms with Crippen molar-refractivity contribution in [3.05, 3.63) is 34.1 Å². The Bertz CT molecular complexity index is 331. The van der Waals surface area contributed by atoms with Gasteiger partial charge in [0.1, 0.15) is 5.82 Å². The smallest absolute Gasteiger partial charge is 0.129 e. The van der Waals surface area contributed by atoms with E-state index in [1.54, 1.807) is 6.07 Å². The summed E-state index contributed by atoms with van der Waals surface area (Å²) in [5, 5.41) is 0. The first-order valence-corrected chi connectivity index (χ1v) is 6.00. The van der Waals surface area contributed by atoms with Crippen molar-refractivity contribution in [2.45, 2.75) is 32.7 Å². The Morgan fingerprint density at radius 1 is 1.31 bits per heavy atom. The molecule has 0 saturated carbocycles. The van der Waals surface area contributed by atoms with Gasteiger partial charge in [-0.25, -0.2) is 4.39 Å². The van der Waals surface area contributed by atoms with Gasteiger partial charge in [0.05, 0.1) is 0 Å². The summed E-state index contributed by atoms with van der Waals surface area (Å²) in [6.07, 6.45) is 1.85. The van der Waals surface area contributed by atoms with E-state index in [9.17, 15) is 4.39 Å². The molecular formula is C12H18BrClFN. The molecule has 16 heavy (non-hydrogen) atoms. The minimum Gasteiger partial charge on any atom is -0.324 e. The van der Waals surface area contributed by atoms with Crippen molar-refractivity contribution < 1.29 is 4.39 Å². The Morgan fingerprint density at radius 3 is 2.44 bits per heavy atom. The Kier molecular flexibility index (Phi) is 7.20. The van der Waals surface area contributed by atoms with Crippen molar-refractivity contribution in [1.82, 2.24) is 0 Å². The average molecular weight is 311 g/mol. The summed E-state index contributed by atoms with van der Waals surface area (Å²) in [7, 11) is 0. The first-order valence-electron chi connectivity index (χ1n) is 5.21. The number of benzene rings is 1. The molecule has 4 heteroatoms. The lowest BCUT2D eigenvalue weighted by Crippen LogP contribution is -2.13. The third-order valence-corrected chi connectivity index (χ3v) is 2.91. The average Bonchev–Trinajstić information content (AvgIpc) is 2.14. The lowest BCUT2D eigenvalue weighted by atomic mass is 9.98. The maximum Gasteiger partial charge on any atom is 0.129 e. The van der Waals surface area contributed by atoms with Gasteiger partial charge in [0, 0.05) is 16.1 Å². The predicted octanol–water partition coefficient (Wildman–Crippen LogP) is 4.45. The Hall–Kier alpha value is -0.120. The Labute approximate surface area is 111 Å². The Morgan fingerprint density at radius 2 is 1.94 bits per heavy atom. The second kappa shape index (κ2) is 7.25. The van der Waals surface area contributed by atoms with Crippen molar-refractivity contribution in [3.8, 4) is 0 Å². The van der Waals surface area contributed by atoms with Crippen LogP contribution in [-0.4, -0.2) is 0 Å². The highest BCUT2D eigenvalue weighted by Crippen LogP contribution is 2.23. The minimum atomic E-state index is -0.222. The first kappa shape index (κ1) is 15.9. The van der Waals surface area contributed by atoms with Gasteiger partial charge < -0.3 is 5.73 Å². The molecule has 1 rings (SSSR count). The molecule has 0 saturated heterocycles. The van der Waals surface area contributed by atoms with Crippen molar-refractivity contribution >= 4 is 28.3 Å². The first-order chi connectivity index (χ1) is 7.00. The predicted molar refractivity (Wildman–Crippen MR) is 72.3 cm³/mol. The fraction of sp³-hybridized carbons (Fsp3) is 0.500. The summed E-state index contributed by atoms with van der Waals surface area (Å²) in [6.45, 7) is 4.29. The molecule has 0 spiro atoms. The van der Waals surface area contributed by atoms with Crippen LogP contribution in [-0.2, 0) is 0 Å². The monoisotopic (exact) mass is 309 g/mol. The normalized spacial score (nSPS) is 12.4. The SMILES string of the molecule is CC(C)CC[C@@H](N)c1ccc(Br)cc1F.Cl. The van der Waals surface area contributed by atoms with Gasteiger partial charge in [-0.1, -0.05) is 35.8 Å². The highest BCUT2D eigenvalue weighted by molar-refractivity contribution is 9.10. The van der Waals surface area contributed by atoms with Gasteiger partial charge in [0.15, 0.2) is 0 Å². The molecule has 0 bridgehead atoms. The summed E-state index contributed by atoms with van der Waals surface area (Å²) >= 11 is 3.23. The van der Waals surface area contributed by atoms with Gasteiger partial charge in [0.25, 0.3) is 0 Å². The lowest BCUT2D eigenvalue weighted by molar-refractivity contribution is 0.491. The van der Waals surface area contributed by atoms with Gasteiger partial charge >= 0.3 is 0 Å². The van der Waals surface area contributed by atoms with Gasteiger partial charge in [-0.15, -0.1) is 12.4 Å². The number of hydrogen-bond donors (Lipinski definition) is 1.